The molecule has 0 spiro atoms. The van der Waals surface area contributed by atoms with E-state index in [9.17, 15) is 8.78 Å². The van der Waals surface area contributed by atoms with Gasteiger partial charge in [-0.3, -0.25) is 0 Å². The van der Waals surface area contributed by atoms with Gasteiger partial charge >= 0.3 is 0 Å². The summed E-state index contributed by atoms with van der Waals surface area (Å²) in [4.78, 5) is 0. The van der Waals surface area contributed by atoms with Crippen LogP contribution in [-0.4, -0.2) is 13.7 Å². The molecule has 0 radical (unpaired) electrons. The van der Waals surface area contributed by atoms with Gasteiger partial charge in [0.1, 0.15) is 24.0 Å². The third kappa shape index (κ3) is 3.68. The molecule has 1 atom stereocenters. The first kappa shape index (κ1) is 14.8. The predicted molar refractivity (Wildman–Crippen MR) is 75.1 cm³/mol. The second-order valence-corrected chi connectivity index (χ2v) is 4.71. The number of ether oxygens (including phenoxy) is 1. The van der Waals surface area contributed by atoms with E-state index in [1.165, 1.54) is 6.07 Å². The molecule has 5 heteroatoms. The molecule has 1 unspecified atom stereocenters. The highest BCUT2D eigenvalue weighted by molar-refractivity contribution is 6.30. The molecular formula is C15H14ClF2NO. The van der Waals surface area contributed by atoms with Crippen molar-refractivity contribution in [1.29, 1.82) is 0 Å². The number of rotatable bonds is 5. The summed E-state index contributed by atoms with van der Waals surface area (Å²) in [5.74, 6) is -0.329. The van der Waals surface area contributed by atoms with Gasteiger partial charge in [-0.05, 0) is 49.5 Å². The van der Waals surface area contributed by atoms with Gasteiger partial charge in [0, 0.05) is 10.6 Å². The minimum atomic E-state index is -0.479. The summed E-state index contributed by atoms with van der Waals surface area (Å²) in [5.41, 5.74) is 0.237. The van der Waals surface area contributed by atoms with Crippen LogP contribution in [0, 0.1) is 11.6 Å². The SMILES string of the molecule is CNC(COc1ccc(Cl)cc1)c1cc(F)ccc1F. The predicted octanol–water partition coefficient (Wildman–Crippen LogP) is 3.96. The van der Waals surface area contributed by atoms with Crippen LogP contribution in [0.3, 0.4) is 0 Å². The van der Waals surface area contributed by atoms with Crippen molar-refractivity contribution in [3.63, 3.8) is 0 Å². The molecule has 2 rings (SSSR count). The number of hydrogen-bond donors (Lipinski definition) is 1. The Morgan fingerprint density at radius 3 is 2.50 bits per heavy atom. The van der Waals surface area contributed by atoms with Gasteiger partial charge in [-0.1, -0.05) is 11.6 Å². The van der Waals surface area contributed by atoms with Gasteiger partial charge in [-0.25, -0.2) is 8.78 Å². The van der Waals surface area contributed by atoms with Crippen LogP contribution >= 0.6 is 11.6 Å². The van der Waals surface area contributed by atoms with Crippen LogP contribution in [-0.2, 0) is 0 Å². The topological polar surface area (TPSA) is 21.3 Å². The fourth-order valence-corrected chi connectivity index (χ4v) is 1.95. The minimum absolute atomic E-state index is 0.179. The van der Waals surface area contributed by atoms with Crippen LogP contribution < -0.4 is 10.1 Å². The monoisotopic (exact) mass is 297 g/mol. The maximum Gasteiger partial charge on any atom is 0.128 e. The molecule has 0 saturated heterocycles. The Balaban J connectivity index is 2.09. The first-order valence-corrected chi connectivity index (χ1v) is 6.48. The molecule has 0 aliphatic rings. The lowest BCUT2D eigenvalue weighted by atomic mass is 10.1. The Hall–Kier alpha value is -1.65. The summed E-state index contributed by atoms with van der Waals surface area (Å²) < 4.78 is 32.5. The molecule has 20 heavy (non-hydrogen) atoms. The zero-order chi connectivity index (χ0) is 14.5. The first-order valence-electron chi connectivity index (χ1n) is 6.10. The average molecular weight is 298 g/mol. The molecule has 2 nitrogen and oxygen atoms in total. The number of benzene rings is 2. The Kier molecular flexibility index (Phi) is 4.93. The summed E-state index contributed by atoms with van der Waals surface area (Å²) >= 11 is 5.78. The third-order valence-corrected chi connectivity index (χ3v) is 3.16. The van der Waals surface area contributed by atoms with E-state index < -0.39 is 17.7 Å². The zero-order valence-corrected chi connectivity index (χ0v) is 11.6. The summed E-state index contributed by atoms with van der Waals surface area (Å²) in [7, 11) is 1.67. The lowest BCUT2D eigenvalue weighted by Gasteiger charge is -2.18. The standard InChI is InChI=1S/C15H14ClF2NO/c1-19-15(13-8-11(17)4-7-14(13)18)9-20-12-5-2-10(16)3-6-12/h2-8,15,19H,9H2,1H3. The molecule has 0 amide bonds. The summed E-state index contributed by atoms with van der Waals surface area (Å²) in [6.07, 6.45) is 0. The van der Waals surface area contributed by atoms with Crippen molar-refractivity contribution >= 4 is 11.6 Å². The van der Waals surface area contributed by atoms with E-state index in [1.54, 1.807) is 31.3 Å². The molecule has 106 valence electrons. The van der Waals surface area contributed by atoms with Gasteiger partial charge in [-0.15, -0.1) is 0 Å². The van der Waals surface area contributed by atoms with Crippen LogP contribution in [0.1, 0.15) is 11.6 Å². The maximum absolute atomic E-state index is 13.7. The first-order chi connectivity index (χ1) is 9.60. The third-order valence-electron chi connectivity index (χ3n) is 2.91. The molecule has 0 bridgehead atoms. The molecular weight excluding hydrogens is 284 g/mol. The normalized spacial score (nSPS) is 12.2. The summed E-state index contributed by atoms with van der Waals surface area (Å²) in [5, 5.41) is 3.52. The van der Waals surface area contributed by atoms with Gasteiger partial charge in [0.25, 0.3) is 0 Å². The Morgan fingerprint density at radius 2 is 1.85 bits per heavy atom. The minimum Gasteiger partial charge on any atom is -0.492 e. The molecule has 0 fully saturated rings. The van der Waals surface area contributed by atoms with Crippen LogP contribution in [0.25, 0.3) is 0 Å². The summed E-state index contributed by atoms with van der Waals surface area (Å²) in [6, 6.07) is 9.77. The van der Waals surface area contributed by atoms with Crippen molar-refractivity contribution in [2.45, 2.75) is 6.04 Å². The van der Waals surface area contributed by atoms with Crippen LogP contribution in [0.2, 0.25) is 5.02 Å². The van der Waals surface area contributed by atoms with Gasteiger partial charge in [-0.2, -0.15) is 0 Å². The lowest BCUT2D eigenvalue weighted by molar-refractivity contribution is 0.269. The fourth-order valence-electron chi connectivity index (χ4n) is 1.82. The average Bonchev–Trinajstić information content (AvgIpc) is 2.45. The number of hydrogen-bond acceptors (Lipinski definition) is 2. The molecule has 0 aliphatic carbocycles. The molecule has 0 heterocycles. The van der Waals surface area contributed by atoms with Crippen LogP contribution in [0.4, 0.5) is 8.78 Å². The van der Waals surface area contributed by atoms with E-state index in [0.29, 0.717) is 10.8 Å². The largest absolute Gasteiger partial charge is 0.492 e. The van der Waals surface area contributed by atoms with E-state index in [1.807, 2.05) is 0 Å². The molecule has 0 saturated carbocycles. The van der Waals surface area contributed by atoms with Crippen molar-refractivity contribution in [1.82, 2.24) is 5.32 Å². The second-order valence-electron chi connectivity index (χ2n) is 4.27. The highest BCUT2D eigenvalue weighted by Gasteiger charge is 2.15. The Labute approximate surface area is 121 Å². The highest BCUT2D eigenvalue weighted by Crippen LogP contribution is 2.21. The van der Waals surface area contributed by atoms with Crippen LogP contribution in [0.5, 0.6) is 5.75 Å². The molecule has 0 aliphatic heterocycles. The zero-order valence-electron chi connectivity index (χ0n) is 10.9. The van der Waals surface area contributed by atoms with Crippen molar-refractivity contribution in [3.8, 4) is 5.75 Å². The number of likely N-dealkylation sites (N-methyl/N-ethyl adjacent to an activating group) is 1. The molecule has 2 aromatic rings. The Bertz CT molecular complexity index is 575. The van der Waals surface area contributed by atoms with E-state index in [2.05, 4.69) is 5.32 Å². The van der Waals surface area contributed by atoms with Crippen molar-refractivity contribution < 1.29 is 13.5 Å². The maximum atomic E-state index is 13.7. The quantitative estimate of drug-likeness (QED) is 0.902. The van der Waals surface area contributed by atoms with Gasteiger partial charge < -0.3 is 10.1 Å². The van der Waals surface area contributed by atoms with E-state index in [-0.39, 0.29) is 12.2 Å². The lowest BCUT2D eigenvalue weighted by Crippen LogP contribution is -2.24. The van der Waals surface area contributed by atoms with E-state index in [0.717, 1.165) is 12.1 Å². The van der Waals surface area contributed by atoms with E-state index in [4.69, 9.17) is 16.3 Å². The van der Waals surface area contributed by atoms with Crippen molar-refractivity contribution in [2.24, 2.45) is 0 Å². The van der Waals surface area contributed by atoms with Crippen molar-refractivity contribution in [3.05, 3.63) is 64.7 Å². The molecule has 2 aromatic carbocycles. The number of halogens is 3. The fraction of sp³-hybridized carbons (Fsp3) is 0.200. The summed E-state index contributed by atoms with van der Waals surface area (Å²) in [6.45, 7) is 0.179. The van der Waals surface area contributed by atoms with Crippen molar-refractivity contribution in [2.75, 3.05) is 13.7 Å². The second kappa shape index (κ2) is 6.68. The van der Waals surface area contributed by atoms with Gasteiger partial charge in [0.2, 0.25) is 0 Å². The highest BCUT2D eigenvalue weighted by atomic mass is 35.5. The van der Waals surface area contributed by atoms with E-state index >= 15 is 0 Å². The molecule has 0 aromatic heterocycles. The van der Waals surface area contributed by atoms with Gasteiger partial charge in [0.15, 0.2) is 0 Å². The number of nitrogens with one attached hydrogen (secondary N) is 1. The smallest absolute Gasteiger partial charge is 0.128 e. The van der Waals surface area contributed by atoms with Crippen LogP contribution in [0.15, 0.2) is 42.5 Å². The van der Waals surface area contributed by atoms with Gasteiger partial charge in [0.05, 0.1) is 6.04 Å². The Morgan fingerprint density at radius 1 is 1.15 bits per heavy atom. The molecule has 1 N–H and O–H groups in total.